The molecule has 1 aromatic carbocycles. The van der Waals surface area contributed by atoms with Gasteiger partial charge in [0.2, 0.25) is 0 Å². The normalized spacial score (nSPS) is 29.3. The molecule has 0 aliphatic carbocycles. The molecule has 0 saturated carbocycles. The molecule has 4 rings (SSSR count). The molecule has 6 nitrogen and oxygen atoms in total. The van der Waals surface area contributed by atoms with Crippen LogP contribution in [0.3, 0.4) is 0 Å². The summed E-state index contributed by atoms with van der Waals surface area (Å²) in [5.41, 5.74) is 4.81. The van der Waals surface area contributed by atoms with Gasteiger partial charge in [-0.1, -0.05) is 22.9 Å². The van der Waals surface area contributed by atoms with Crippen molar-refractivity contribution in [1.82, 2.24) is 10.3 Å². The number of benzene rings is 1. The fourth-order valence-electron chi connectivity index (χ4n) is 4.16. The van der Waals surface area contributed by atoms with E-state index in [4.69, 9.17) is 4.74 Å². The molecule has 1 aromatic rings. The summed E-state index contributed by atoms with van der Waals surface area (Å²) >= 11 is 3.75. The van der Waals surface area contributed by atoms with Gasteiger partial charge < -0.3 is 14.5 Å². The van der Waals surface area contributed by atoms with Gasteiger partial charge in [0, 0.05) is 11.0 Å². The van der Waals surface area contributed by atoms with E-state index in [-0.39, 0.29) is 11.9 Å². The number of nitrogens with one attached hydrogen (secondary N) is 1. The maximum Gasteiger partial charge on any atom is 0.262 e. The number of ether oxygens (including phenoxy) is 1. The van der Waals surface area contributed by atoms with E-state index < -0.39 is 0 Å². The first-order chi connectivity index (χ1) is 12.0. The number of hydrogen-bond acceptors (Lipinski definition) is 5. The number of fused-ring (bicyclic) bond motifs is 3. The first kappa shape index (κ1) is 16.8. The van der Waals surface area contributed by atoms with Gasteiger partial charge in [-0.2, -0.15) is 5.10 Å². The molecule has 1 fully saturated rings. The summed E-state index contributed by atoms with van der Waals surface area (Å²) in [4.78, 5) is 16.5. The van der Waals surface area contributed by atoms with Gasteiger partial charge >= 0.3 is 0 Å². The Kier molecular flexibility index (Phi) is 4.24. The van der Waals surface area contributed by atoms with Gasteiger partial charge in [0.15, 0.2) is 5.84 Å². The van der Waals surface area contributed by atoms with Gasteiger partial charge in [-0.25, -0.2) is 5.43 Å². The van der Waals surface area contributed by atoms with Crippen molar-refractivity contribution >= 4 is 33.4 Å². The van der Waals surface area contributed by atoms with Crippen LogP contribution in [0.1, 0.15) is 31.7 Å². The van der Waals surface area contributed by atoms with Gasteiger partial charge in [-0.3, -0.25) is 4.79 Å². The second-order valence-corrected chi connectivity index (χ2v) is 8.17. The number of hydrazone groups is 1. The summed E-state index contributed by atoms with van der Waals surface area (Å²) in [5, 5.41) is 4.17. The molecule has 3 aliphatic rings. The number of halogens is 1. The highest BCUT2D eigenvalue weighted by molar-refractivity contribution is 9.10. The van der Waals surface area contributed by atoms with Crippen molar-refractivity contribution in [2.45, 2.75) is 32.2 Å². The van der Waals surface area contributed by atoms with Crippen LogP contribution >= 0.6 is 15.9 Å². The lowest BCUT2D eigenvalue weighted by Crippen LogP contribution is -2.55. The van der Waals surface area contributed by atoms with Crippen LogP contribution in [-0.2, 0) is 4.79 Å². The predicted molar refractivity (Wildman–Crippen MR) is 101 cm³/mol. The zero-order valence-electron chi connectivity index (χ0n) is 14.8. The highest BCUT2D eigenvalue weighted by atomic mass is 79.9. The number of rotatable bonds is 1. The summed E-state index contributed by atoms with van der Waals surface area (Å²) in [6.45, 7) is 6.78. The first-order valence-corrected chi connectivity index (χ1v) is 9.55. The van der Waals surface area contributed by atoms with Crippen LogP contribution in [0.4, 0.5) is 5.69 Å². The van der Waals surface area contributed by atoms with E-state index in [1.165, 1.54) is 5.56 Å². The van der Waals surface area contributed by atoms with Gasteiger partial charge in [-0.15, -0.1) is 0 Å². The molecular weight excluding hydrogens is 384 g/mol. The number of amides is 1. The fourth-order valence-corrected chi connectivity index (χ4v) is 4.78. The number of likely N-dealkylation sites (tertiary alicyclic amines) is 1. The third-order valence-corrected chi connectivity index (χ3v) is 6.23. The van der Waals surface area contributed by atoms with E-state index in [9.17, 15) is 4.79 Å². The molecule has 0 spiro atoms. The molecule has 0 unspecified atom stereocenters. The molecule has 1 N–H and O–H groups in total. The smallest absolute Gasteiger partial charge is 0.262 e. The minimum absolute atomic E-state index is 0.0891. The van der Waals surface area contributed by atoms with Gasteiger partial charge in [0.25, 0.3) is 5.91 Å². The Balaban J connectivity index is 1.76. The number of nitrogens with zero attached hydrogens (tertiary/aromatic N) is 3. The number of amidine groups is 1. The largest absolute Gasteiger partial charge is 0.483 e. The highest BCUT2D eigenvalue weighted by Crippen LogP contribution is 2.44. The van der Waals surface area contributed by atoms with Gasteiger partial charge in [0.05, 0.1) is 5.69 Å². The molecule has 3 heterocycles. The minimum Gasteiger partial charge on any atom is -0.483 e. The van der Waals surface area contributed by atoms with Crippen LogP contribution in [0.25, 0.3) is 0 Å². The van der Waals surface area contributed by atoms with E-state index in [2.05, 4.69) is 51.4 Å². The molecule has 25 heavy (non-hydrogen) atoms. The molecule has 7 heteroatoms. The number of piperidine rings is 1. The molecule has 3 atom stereocenters. The lowest BCUT2D eigenvalue weighted by Gasteiger charge is -2.40. The van der Waals surface area contributed by atoms with E-state index >= 15 is 0 Å². The van der Waals surface area contributed by atoms with Crippen molar-refractivity contribution < 1.29 is 9.53 Å². The lowest BCUT2D eigenvalue weighted by molar-refractivity contribution is -0.122. The third kappa shape index (κ3) is 2.83. The Hall–Kier alpha value is -1.60. The zero-order chi connectivity index (χ0) is 17.7. The molecule has 3 aliphatic heterocycles. The van der Waals surface area contributed by atoms with Crippen LogP contribution < -0.4 is 15.1 Å². The van der Waals surface area contributed by atoms with Crippen molar-refractivity contribution in [3.05, 3.63) is 22.2 Å². The average molecular weight is 407 g/mol. The molecule has 0 radical (unpaired) electrons. The Morgan fingerprint density at radius 3 is 2.92 bits per heavy atom. The van der Waals surface area contributed by atoms with E-state index in [0.717, 1.165) is 41.3 Å². The van der Waals surface area contributed by atoms with Crippen LogP contribution in [0.5, 0.6) is 5.75 Å². The van der Waals surface area contributed by atoms with Gasteiger partial charge in [-0.05, 0) is 56.5 Å². The minimum atomic E-state index is -0.293. The first-order valence-electron chi connectivity index (χ1n) is 8.76. The summed E-state index contributed by atoms with van der Waals surface area (Å²) in [7, 11) is 2.18. The Morgan fingerprint density at radius 1 is 1.36 bits per heavy atom. The molecule has 1 amide bonds. The number of anilines is 1. The zero-order valence-corrected chi connectivity index (χ0v) is 16.3. The Morgan fingerprint density at radius 2 is 2.16 bits per heavy atom. The van der Waals surface area contributed by atoms with Crippen LogP contribution in [0.2, 0.25) is 0 Å². The number of carbonyl (C=O) groups excluding carboxylic acids is 1. The molecule has 0 bridgehead atoms. The van der Waals surface area contributed by atoms with Crippen molar-refractivity contribution in [3.63, 3.8) is 0 Å². The average Bonchev–Trinajstić information content (AvgIpc) is 2.58. The Bertz CT molecular complexity index is 751. The summed E-state index contributed by atoms with van der Waals surface area (Å²) in [5.74, 6) is 2.54. The Labute approximate surface area is 156 Å². The predicted octanol–water partition coefficient (Wildman–Crippen LogP) is 2.53. The summed E-state index contributed by atoms with van der Waals surface area (Å²) < 4.78 is 6.97. The second-order valence-electron chi connectivity index (χ2n) is 7.31. The van der Waals surface area contributed by atoms with Crippen molar-refractivity contribution in [2.24, 2.45) is 11.0 Å². The maximum atomic E-state index is 12.1. The van der Waals surface area contributed by atoms with Crippen LogP contribution in [-0.4, -0.2) is 49.4 Å². The van der Waals surface area contributed by atoms with Gasteiger partial charge in [0.1, 0.15) is 18.4 Å². The summed E-state index contributed by atoms with van der Waals surface area (Å²) in [6, 6.07) is 3.94. The lowest BCUT2D eigenvalue weighted by atomic mass is 9.81. The summed E-state index contributed by atoms with van der Waals surface area (Å²) in [6.07, 6.45) is 1.13. The van der Waals surface area contributed by atoms with E-state index in [1.54, 1.807) is 0 Å². The van der Waals surface area contributed by atoms with Crippen molar-refractivity contribution in [2.75, 3.05) is 31.6 Å². The SMILES string of the molecule is C[C@@H]1C(=O)NN=C2COc3cc(Br)c([C@@H]4CCN(C)C[C@@H]4C)cc3N21. The topological polar surface area (TPSA) is 57.2 Å². The second kappa shape index (κ2) is 6.29. The third-order valence-electron chi connectivity index (χ3n) is 5.54. The van der Waals surface area contributed by atoms with E-state index in [1.807, 2.05) is 17.9 Å². The highest BCUT2D eigenvalue weighted by Gasteiger charge is 2.36. The molecule has 1 saturated heterocycles. The van der Waals surface area contributed by atoms with Crippen LogP contribution in [0, 0.1) is 5.92 Å². The fraction of sp³-hybridized carbons (Fsp3) is 0.556. The monoisotopic (exact) mass is 406 g/mol. The molecular formula is C18H23BrN4O2. The number of hydrogen-bond donors (Lipinski definition) is 1. The number of carbonyl (C=O) groups is 1. The molecule has 134 valence electrons. The quantitative estimate of drug-likeness (QED) is 0.778. The van der Waals surface area contributed by atoms with Crippen molar-refractivity contribution in [1.29, 1.82) is 0 Å². The van der Waals surface area contributed by atoms with Crippen molar-refractivity contribution in [3.8, 4) is 5.75 Å². The molecule has 0 aromatic heterocycles. The van der Waals surface area contributed by atoms with Crippen LogP contribution in [0.15, 0.2) is 21.7 Å². The maximum absolute atomic E-state index is 12.1. The standard InChI is InChI=1S/C18H23BrN4O2/c1-10-8-22(3)5-4-12(10)13-6-15-16(7-14(13)19)25-9-17-20-21-18(24)11(2)23(15)17/h6-7,10-12H,4-5,8-9H2,1-3H3,(H,21,24)/t10-,11+,12+/m0/s1. The van der Waals surface area contributed by atoms with E-state index in [0.29, 0.717) is 18.4 Å².